The normalized spacial score (nSPS) is 17.8. The number of ketones is 1. The van der Waals surface area contributed by atoms with E-state index < -0.39 is 0 Å². The average Bonchev–Trinajstić information content (AvgIpc) is 2.32. The summed E-state index contributed by atoms with van der Waals surface area (Å²) in [6, 6.07) is 7.72. The minimum absolute atomic E-state index is 0.120. The molecular weight excluding hydrogens is 200 g/mol. The quantitative estimate of drug-likeness (QED) is 0.707. The molecule has 0 amide bonds. The Hall–Kier alpha value is -1.83. The van der Waals surface area contributed by atoms with Gasteiger partial charge in [0, 0.05) is 5.57 Å². The molecule has 1 aliphatic carbocycles. The molecule has 2 rings (SSSR count). The molecule has 0 aromatic heterocycles. The molecule has 0 unspecified atom stereocenters. The van der Waals surface area contributed by atoms with Crippen LogP contribution in [0, 0.1) is 0 Å². The van der Waals surface area contributed by atoms with E-state index in [-0.39, 0.29) is 5.78 Å². The minimum atomic E-state index is 0.120. The summed E-state index contributed by atoms with van der Waals surface area (Å²) in [7, 11) is 1.64. The molecule has 1 aliphatic rings. The molecule has 1 aromatic carbocycles. The Morgan fingerprint density at radius 3 is 3.00 bits per heavy atom. The zero-order valence-corrected chi connectivity index (χ0v) is 9.27. The van der Waals surface area contributed by atoms with Crippen molar-refractivity contribution in [3.8, 4) is 5.75 Å². The largest absolute Gasteiger partial charge is 0.497 e. The molecule has 0 spiro atoms. The molecule has 0 heterocycles. The van der Waals surface area contributed by atoms with E-state index in [4.69, 9.17) is 4.74 Å². The predicted molar refractivity (Wildman–Crippen MR) is 64.4 cm³/mol. The third kappa shape index (κ3) is 2.40. The number of carbonyl (C=O) groups is 1. The molecule has 0 saturated carbocycles. The van der Waals surface area contributed by atoms with E-state index in [1.807, 2.05) is 36.4 Å². The first-order chi connectivity index (χ1) is 7.79. The van der Waals surface area contributed by atoms with Crippen LogP contribution in [0.15, 0.2) is 42.0 Å². The van der Waals surface area contributed by atoms with E-state index in [2.05, 4.69) is 0 Å². The van der Waals surface area contributed by atoms with Crippen LogP contribution in [0.5, 0.6) is 5.75 Å². The molecule has 1 aromatic rings. The Labute approximate surface area is 95.2 Å². The second-order valence-corrected chi connectivity index (χ2v) is 3.75. The number of methoxy groups -OCH3 is 1. The second kappa shape index (κ2) is 4.79. The van der Waals surface area contributed by atoms with Crippen LogP contribution in [0.1, 0.15) is 18.4 Å². The van der Waals surface area contributed by atoms with Gasteiger partial charge < -0.3 is 4.74 Å². The Morgan fingerprint density at radius 2 is 2.25 bits per heavy atom. The number of allylic oxidation sites excluding steroid dienone is 3. The molecule has 0 saturated heterocycles. The smallest absolute Gasteiger partial charge is 0.181 e. The van der Waals surface area contributed by atoms with Crippen LogP contribution in [-0.4, -0.2) is 12.9 Å². The molecular formula is C14H14O2. The van der Waals surface area contributed by atoms with Gasteiger partial charge in [0.1, 0.15) is 5.75 Å². The van der Waals surface area contributed by atoms with Crippen molar-refractivity contribution in [1.29, 1.82) is 0 Å². The zero-order chi connectivity index (χ0) is 11.4. The highest BCUT2D eigenvalue weighted by atomic mass is 16.5. The van der Waals surface area contributed by atoms with E-state index in [1.54, 1.807) is 13.2 Å². The predicted octanol–water partition coefficient (Wildman–Crippen LogP) is 3.00. The maximum atomic E-state index is 11.6. The molecule has 2 heteroatoms. The SMILES string of the molecule is COc1cccc(/C=C2\CCC=CC2=O)c1. The lowest BCUT2D eigenvalue weighted by Crippen LogP contribution is -2.02. The van der Waals surface area contributed by atoms with Crippen LogP contribution in [-0.2, 0) is 4.79 Å². The summed E-state index contributed by atoms with van der Waals surface area (Å²) in [6.45, 7) is 0. The van der Waals surface area contributed by atoms with Crippen molar-refractivity contribution in [2.45, 2.75) is 12.8 Å². The van der Waals surface area contributed by atoms with Crippen LogP contribution < -0.4 is 4.74 Å². The Balaban J connectivity index is 2.28. The number of hydrogen-bond donors (Lipinski definition) is 0. The topological polar surface area (TPSA) is 26.3 Å². The summed E-state index contributed by atoms with van der Waals surface area (Å²) in [5.74, 6) is 0.933. The van der Waals surface area contributed by atoms with Gasteiger partial charge in [0.05, 0.1) is 7.11 Å². The molecule has 2 nitrogen and oxygen atoms in total. The first kappa shape index (κ1) is 10.7. The first-order valence-corrected chi connectivity index (χ1v) is 5.35. The van der Waals surface area contributed by atoms with E-state index in [1.165, 1.54) is 0 Å². The van der Waals surface area contributed by atoms with Gasteiger partial charge in [-0.25, -0.2) is 0 Å². The zero-order valence-electron chi connectivity index (χ0n) is 9.27. The summed E-state index contributed by atoms with van der Waals surface area (Å²) in [5, 5.41) is 0. The first-order valence-electron chi connectivity index (χ1n) is 5.35. The molecule has 0 atom stereocenters. The van der Waals surface area contributed by atoms with Crippen LogP contribution in [0.3, 0.4) is 0 Å². The fourth-order valence-corrected chi connectivity index (χ4v) is 1.74. The van der Waals surface area contributed by atoms with E-state index in [9.17, 15) is 4.79 Å². The summed E-state index contributed by atoms with van der Waals surface area (Å²) < 4.78 is 5.14. The van der Waals surface area contributed by atoms with Gasteiger partial charge in [0.15, 0.2) is 5.78 Å². The maximum absolute atomic E-state index is 11.6. The Bertz CT molecular complexity index is 456. The van der Waals surface area contributed by atoms with Crippen molar-refractivity contribution in [3.63, 3.8) is 0 Å². The van der Waals surface area contributed by atoms with Crippen LogP contribution in [0.4, 0.5) is 0 Å². The molecule has 0 N–H and O–H groups in total. The van der Waals surface area contributed by atoms with Crippen molar-refractivity contribution in [2.75, 3.05) is 7.11 Å². The number of hydrogen-bond acceptors (Lipinski definition) is 2. The third-order valence-corrected chi connectivity index (χ3v) is 2.60. The monoisotopic (exact) mass is 214 g/mol. The summed E-state index contributed by atoms with van der Waals surface area (Å²) in [5.41, 5.74) is 1.88. The molecule has 0 aliphatic heterocycles. The summed E-state index contributed by atoms with van der Waals surface area (Å²) >= 11 is 0. The van der Waals surface area contributed by atoms with Gasteiger partial charge in [-0.3, -0.25) is 4.79 Å². The number of ether oxygens (including phenoxy) is 1. The fourth-order valence-electron chi connectivity index (χ4n) is 1.74. The second-order valence-electron chi connectivity index (χ2n) is 3.75. The van der Waals surface area contributed by atoms with Gasteiger partial charge in [-0.1, -0.05) is 18.2 Å². The fraction of sp³-hybridized carbons (Fsp3) is 0.214. The van der Waals surface area contributed by atoms with Crippen molar-refractivity contribution < 1.29 is 9.53 Å². The summed E-state index contributed by atoms with van der Waals surface area (Å²) in [4.78, 5) is 11.6. The van der Waals surface area contributed by atoms with Gasteiger partial charge in [-0.2, -0.15) is 0 Å². The van der Waals surface area contributed by atoms with Crippen LogP contribution in [0.2, 0.25) is 0 Å². The lowest BCUT2D eigenvalue weighted by atomic mass is 9.97. The standard InChI is InChI=1S/C14H14O2/c1-16-13-7-4-5-11(10-13)9-12-6-2-3-8-14(12)15/h3-5,7-10H,2,6H2,1H3/b12-9+. The number of benzene rings is 1. The maximum Gasteiger partial charge on any atom is 0.181 e. The lowest BCUT2D eigenvalue weighted by molar-refractivity contribution is -0.111. The van der Waals surface area contributed by atoms with Gasteiger partial charge in [0.2, 0.25) is 0 Å². The molecule has 82 valence electrons. The highest BCUT2D eigenvalue weighted by Gasteiger charge is 2.09. The van der Waals surface area contributed by atoms with Crippen LogP contribution >= 0.6 is 0 Å². The molecule has 16 heavy (non-hydrogen) atoms. The minimum Gasteiger partial charge on any atom is -0.497 e. The van der Waals surface area contributed by atoms with E-state index in [0.717, 1.165) is 29.7 Å². The van der Waals surface area contributed by atoms with Gasteiger partial charge >= 0.3 is 0 Å². The van der Waals surface area contributed by atoms with Crippen molar-refractivity contribution >= 4 is 11.9 Å². The lowest BCUT2D eigenvalue weighted by Gasteiger charge is -2.07. The van der Waals surface area contributed by atoms with Crippen molar-refractivity contribution in [1.82, 2.24) is 0 Å². The molecule has 0 bridgehead atoms. The average molecular weight is 214 g/mol. The Morgan fingerprint density at radius 1 is 1.38 bits per heavy atom. The van der Waals surface area contributed by atoms with Crippen LogP contribution in [0.25, 0.3) is 6.08 Å². The van der Waals surface area contributed by atoms with Crippen molar-refractivity contribution in [3.05, 3.63) is 47.6 Å². The number of carbonyl (C=O) groups excluding carboxylic acids is 1. The van der Waals surface area contributed by atoms with Gasteiger partial charge in [0.25, 0.3) is 0 Å². The number of rotatable bonds is 2. The molecule has 0 radical (unpaired) electrons. The van der Waals surface area contributed by atoms with Gasteiger partial charge in [-0.15, -0.1) is 0 Å². The summed E-state index contributed by atoms with van der Waals surface area (Å²) in [6.07, 6.45) is 7.28. The van der Waals surface area contributed by atoms with Gasteiger partial charge in [-0.05, 0) is 42.7 Å². The van der Waals surface area contributed by atoms with E-state index >= 15 is 0 Å². The Kier molecular flexibility index (Phi) is 3.20. The highest BCUT2D eigenvalue weighted by Crippen LogP contribution is 2.20. The third-order valence-electron chi connectivity index (χ3n) is 2.60. The van der Waals surface area contributed by atoms with Crippen molar-refractivity contribution in [2.24, 2.45) is 0 Å². The highest BCUT2D eigenvalue weighted by molar-refractivity contribution is 6.07. The van der Waals surface area contributed by atoms with E-state index in [0.29, 0.717) is 0 Å². The molecule has 0 fully saturated rings.